The summed E-state index contributed by atoms with van der Waals surface area (Å²) >= 11 is 24.6. The highest BCUT2D eigenvalue weighted by atomic mass is 35.5. The van der Waals surface area contributed by atoms with Gasteiger partial charge in [0.1, 0.15) is 17.4 Å². The molecule has 0 unspecified atom stereocenters. The lowest BCUT2D eigenvalue weighted by molar-refractivity contribution is 0.0964. The minimum atomic E-state index is -0.413. The molecule has 0 spiro atoms. The van der Waals surface area contributed by atoms with Gasteiger partial charge in [-0.3, -0.25) is 4.79 Å². The number of methoxy groups -OCH3 is 4. The Morgan fingerprint density at radius 1 is 0.762 bits per heavy atom. The molecule has 0 saturated carbocycles. The summed E-state index contributed by atoms with van der Waals surface area (Å²) in [6.45, 7) is 0. The van der Waals surface area contributed by atoms with Crippen LogP contribution in [0.3, 0.4) is 0 Å². The van der Waals surface area contributed by atoms with Gasteiger partial charge in [-0.25, -0.2) is 19.9 Å². The second kappa shape index (κ2) is 12.9. The molecule has 5 aromatic rings. The number of carbonyl (C=O) groups excluding carboxylic acids is 1. The van der Waals surface area contributed by atoms with Crippen molar-refractivity contribution in [1.29, 1.82) is 0 Å². The molecule has 0 aliphatic heterocycles. The molecule has 0 atom stereocenters. The highest BCUT2D eigenvalue weighted by Gasteiger charge is 2.23. The predicted octanol–water partition coefficient (Wildman–Crippen LogP) is 5.06. The van der Waals surface area contributed by atoms with Crippen LogP contribution < -0.4 is 24.3 Å². The van der Waals surface area contributed by atoms with Gasteiger partial charge in [0.2, 0.25) is 0 Å². The Morgan fingerprint density at radius 3 is 1.71 bits per heavy atom. The fraction of sp³-hybridized carbons (Fsp3) is 0.240. The van der Waals surface area contributed by atoms with Gasteiger partial charge in [0.15, 0.2) is 5.82 Å². The van der Waals surface area contributed by atoms with Crippen molar-refractivity contribution >= 4 is 74.4 Å². The first-order valence-corrected chi connectivity index (χ1v) is 13.2. The van der Waals surface area contributed by atoms with Gasteiger partial charge in [0.05, 0.1) is 70.7 Å². The predicted molar refractivity (Wildman–Crippen MR) is 159 cm³/mol. The quantitative estimate of drug-likeness (QED) is 0.261. The second-order valence-electron chi connectivity index (χ2n) is 8.16. The molecule has 3 heterocycles. The normalized spacial score (nSPS) is 10.7. The van der Waals surface area contributed by atoms with Gasteiger partial charge < -0.3 is 28.8 Å². The maximum Gasteiger partial charge on any atom is 0.278 e. The smallest absolute Gasteiger partial charge is 0.278 e. The molecule has 42 heavy (non-hydrogen) atoms. The number of hydrogen-bond donors (Lipinski definition) is 1. The zero-order valence-electron chi connectivity index (χ0n) is 22.9. The largest absolute Gasteiger partial charge is 0.477 e. The zero-order chi connectivity index (χ0) is 30.7. The van der Waals surface area contributed by atoms with Crippen LogP contribution in [0.1, 0.15) is 10.4 Å². The lowest BCUT2D eigenvalue weighted by atomic mass is 10.1. The van der Waals surface area contributed by atoms with Crippen LogP contribution in [-0.4, -0.2) is 76.1 Å². The van der Waals surface area contributed by atoms with E-state index in [0.717, 1.165) is 0 Å². The number of carbonyl (C=O) groups is 1. The fourth-order valence-corrected chi connectivity index (χ4v) is 4.65. The molecular formula is C25H22Cl4N8O5. The van der Waals surface area contributed by atoms with E-state index in [0.29, 0.717) is 38.0 Å². The molecule has 0 saturated heterocycles. The molecule has 0 aliphatic rings. The van der Waals surface area contributed by atoms with Crippen LogP contribution in [0.4, 0.5) is 0 Å². The van der Waals surface area contributed by atoms with Crippen LogP contribution in [0, 0.1) is 0 Å². The molecule has 1 N–H and O–H groups in total. The third kappa shape index (κ3) is 5.73. The van der Waals surface area contributed by atoms with Crippen molar-refractivity contribution in [1.82, 2.24) is 40.0 Å². The summed E-state index contributed by atoms with van der Waals surface area (Å²) < 4.78 is 22.2. The Morgan fingerprint density at radius 2 is 1.24 bits per heavy atom. The number of ether oxygens (including phenoxy) is 4. The number of aromatic nitrogens is 7. The number of halogens is 4. The van der Waals surface area contributed by atoms with Crippen molar-refractivity contribution < 1.29 is 23.7 Å². The van der Waals surface area contributed by atoms with Gasteiger partial charge >= 0.3 is 0 Å². The van der Waals surface area contributed by atoms with Crippen molar-refractivity contribution in [3.8, 4) is 34.9 Å². The van der Waals surface area contributed by atoms with Gasteiger partial charge in [-0.15, -0.1) is 10.2 Å². The number of nitrogens with zero attached hydrogens (tertiary/aromatic N) is 7. The second-order valence-corrected chi connectivity index (χ2v) is 9.73. The van der Waals surface area contributed by atoms with E-state index in [1.165, 1.54) is 41.6 Å². The van der Waals surface area contributed by atoms with Crippen molar-refractivity contribution in [3.63, 3.8) is 0 Å². The Bertz CT molecular complexity index is 1820. The molecule has 0 fully saturated rings. The third-order valence-electron chi connectivity index (χ3n) is 5.74. The standard InChI is InChI=1S/C13H11Cl2N5O2.C12H11Cl2N3O3/c1-20-5-16-19-11(20)8-9(15)6(14)4-7-10(8)18-13(22-3)12(17-7)21-2;1-15-10(18)7-8(14)5(13)4-6-9(7)17-12(20-3)11(16-6)19-2/h4-5H,1-3H3;4H,1-3H3,(H,15,18). The van der Waals surface area contributed by atoms with Gasteiger partial charge in [0.25, 0.3) is 29.4 Å². The van der Waals surface area contributed by atoms with Crippen molar-refractivity contribution in [2.45, 2.75) is 0 Å². The third-order valence-corrected chi connectivity index (χ3v) is 7.32. The Balaban J connectivity index is 0.000000194. The molecule has 13 nitrogen and oxygen atoms in total. The van der Waals surface area contributed by atoms with Gasteiger partial charge in [-0.1, -0.05) is 46.4 Å². The minimum Gasteiger partial charge on any atom is -0.477 e. The summed E-state index contributed by atoms with van der Waals surface area (Å²) in [6.07, 6.45) is 1.56. The van der Waals surface area contributed by atoms with E-state index in [1.807, 2.05) is 0 Å². The van der Waals surface area contributed by atoms with E-state index < -0.39 is 5.91 Å². The molecular weight excluding hydrogens is 634 g/mol. The average Bonchev–Trinajstić information content (AvgIpc) is 3.42. The Hall–Kier alpha value is -3.91. The van der Waals surface area contributed by atoms with Gasteiger partial charge in [-0.2, -0.15) is 0 Å². The number of aryl methyl sites for hydroxylation is 1. The van der Waals surface area contributed by atoms with Crippen LogP contribution >= 0.6 is 46.4 Å². The van der Waals surface area contributed by atoms with E-state index in [2.05, 4.69) is 35.5 Å². The highest BCUT2D eigenvalue weighted by molar-refractivity contribution is 6.45. The van der Waals surface area contributed by atoms with E-state index in [9.17, 15) is 4.79 Å². The van der Waals surface area contributed by atoms with Crippen LogP contribution in [-0.2, 0) is 7.05 Å². The molecule has 1 amide bonds. The Labute approximate surface area is 259 Å². The number of benzene rings is 2. The first-order chi connectivity index (χ1) is 20.1. The maximum absolute atomic E-state index is 12.0. The lowest BCUT2D eigenvalue weighted by Gasteiger charge is -2.12. The molecule has 0 radical (unpaired) electrons. The van der Waals surface area contributed by atoms with E-state index in [4.69, 9.17) is 65.4 Å². The number of fused-ring (bicyclic) bond motifs is 2. The first-order valence-electron chi connectivity index (χ1n) is 11.7. The summed E-state index contributed by atoms with van der Waals surface area (Å²) in [6, 6.07) is 3.13. The summed E-state index contributed by atoms with van der Waals surface area (Å²) in [5, 5.41) is 11.4. The highest BCUT2D eigenvalue weighted by Crippen LogP contribution is 2.40. The molecule has 220 valence electrons. The maximum atomic E-state index is 12.0. The zero-order valence-corrected chi connectivity index (χ0v) is 25.9. The van der Waals surface area contributed by atoms with Crippen molar-refractivity contribution in [2.24, 2.45) is 7.05 Å². The average molecular weight is 656 g/mol. The minimum absolute atomic E-state index is 0.111. The topological polar surface area (TPSA) is 148 Å². The monoisotopic (exact) mass is 654 g/mol. The summed E-state index contributed by atoms with van der Waals surface area (Å²) in [5.74, 6) is 0.974. The molecule has 17 heteroatoms. The van der Waals surface area contributed by atoms with Crippen LogP contribution in [0.2, 0.25) is 20.1 Å². The van der Waals surface area contributed by atoms with Crippen LogP contribution in [0.5, 0.6) is 23.5 Å². The number of nitrogens with one attached hydrogen (secondary N) is 1. The first kappa shape index (κ1) is 31.0. The fourth-order valence-electron chi connectivity index (χ4n) is 3.79. The van der Waals surface area contributed by atoms with E-state index in [-0.39, 0.29) is 44.6 Å². The Kier molecular flexibility index (Phi) is 9.57. The van der Waals surface area contributed by atoms with Crippen LogP contribution in [0.15, 0.2) is 18.5 Å². The van der Waals surface area contributed by atoms with Crippen molar-refractivity contribution in [3.05, 3.63) is 44.1 Å². The summed E-state index contributed by atoms with van der Waals surface area (Å²) in [7, 11) is 9.12. The van der Waals surface area contributed by atoms with Gasteiger partial charge in [0, 0.05) is 14.1 Å². The van der Waals surface area contributed by atoms with E-state index >= 15 is 0 Å². The molecule has 0 bridgehead atoms. The van der Waals surface area contributed by atoms with E-state index in [1.54, 1.807) is 24.0 Å². The molecule has 0 aliphatic carbocycles. The number of amides is 1. The molecule has 5 rings (SSSR count). The van der Waals surface area contributed by atoms with Crippen LogP contribution in [0.25, 0.3) is 33.5 Å². The number of hydrogen-bond acceptors (Lipinski definition) is 11. The van der Waals surface area contributed by atoms with Crippen molar-refractivity contribution in [2.75, 3.05) is 35.5 Å². The van der Waals surface area contributed by atoms with Gasteiger partial charge in [-0.05, 0) is 12.1 Å². The lowest BCUT2D eigenvalue weighted by Crippen LogP contribution is -2.19. The summed E-state index contributed by atoms with van der Waals surface area (Å²) in [5.41, 5.74) is 2.38. The molecule has 2 aromatic carbocycles. The SMILES string of the molecule is CNC(=O)c1c(Cl)c(Cl)cc2nc(OC)c(OC)nc12.COc1nc2cc(Cl)c(Cl)c(-c3nncn3C)c2nc1OC. The number of rotatable bonds is 6. The molecule has 3 aromatic heterocycles. The summed E-state index contributed by atoms with van der Waals surface area (Å²) in [4.78, 5) is 29.2.